The molecule has 3 rings (SSSR count). The number of carbonyl (C=O) groups excluding carboxylic acids is 1. The van der Waals surface area contributed by atoms with Gasteiger partial charge in [-0.05, 0) is 30.9 Å². The summed E-state index contributed by atoms with van der Waals surface area (Å²) >= 11 is 7.70. The average molecular weight is 446 g/mol. The number of hydrogen-bond donors (Lipinski definition) is 0. The molecule has 6 nitrogen and oxygen atoms in total. The topological polar surface area (TPSA) is 60.9 Å². The molecule has 156 valence electrons. The van der Waals surface area contributed by atoms with E-state index in [1.54, 1.807) is 25.3 Å². The maximum absolute atomic E-state index is 12.9. The number of hydrogen-bond acceptors (Lipinski definition) is 4. The zero-order valence-electron chi connectivity index (χ0n) is 16.1. The number of benzene rings is 1. The summed E-state index contributed by atoms with van der Waals surface area (Å²) in [7, 11) is -3.41. The van der Waals surface area contributed by atoms with E-state index in [4.69, 9.17) is 11.6 Å². The van der Waals surface area contributed by atoms with Crippen molar-refractivity contribution in [2.75, 3.05) is 45.0 Å². The van der Waals surface area contributed by atoms with E-state index in [1.165, 1.54) is 0 Å². The maximum atomic E-state index is 12.9. The minimum absolute atomic E-state index is 0.0641. The van der Waals surface area contributed by atoms with Gasteiger partial charge < -0.3 is 4.90 Å². The fourth-order valence-electron chi connectivity index (χ4n) is 3.59. The maximum Gasteiger partial charge on any atom is 0.282 e. The largest absolute Gasteiger partial charge is 0.341 e. The molecule has 0 radical (unpaired) electrons. The van der Waals surface area contributed by atoms with Crippen LogP contribution in [0.25, 0.3) is 0 Å². The highest BCUT2D eigenvalue weighted by Crippen LogP contribution is 2.22. The van der Waals surface area contributed by atoms with Crippen molar-refractivity contribution in [3.05, 3.63) is 34.9 Å². The summed E-state index contributed by atoms with van der Waals surface area (Å²) in [5, 5.41) is 0.718. The number of piperidine rings is 1. The van der Waals surface area contributed by atoms with Crippen LogP contribution in [0.2, 0.25) is 5.02 Å². The van der Waals surface area contributed by atoms with Gasteiger partial charge in [0.2, 0.25) is 5.91 Å². The Labute approximate surface area is 177 Å². The zero-order valence-corrected chi connectivity index (χ0v) is 18.4. The Hall–Kier alpha value is -0.800. The molecular weight excluding hydrogens is 418 g/mol. The van der Waals surface area contributed by atoms with Crippen LogP contribution < -0.4 is 0 Å². The first-order valence-corrected chi connectivity index (χ1v) is 12.8. The van der Waals surface area contributed by atoms with Crippen molar-refractivity contribution < 1.29 is 13.2 Å². The van der Waals surface area contributed by atoms with Crippen LogP contribution in [0.5, 0.6) is 0 Å². The van der Waals surface area contributed by atoms with Gasteiger partial charge in [-0.25, -0.2) is 0 Å². The van der Waals surface area contributed by atoms with E-state index in [2.05, 4.69) is 0 Å². The van der Waals surface area contributed by atoms with Crippen LogP contribution in [0.1, 0.15) is 31.2 Å². The van der Waals surface area contributed by atoms with E-state index in [0.717, 1.165) is 29.8 Å². The molecule has 1 amide bonds. The highest BCUT2D eigenvalue weighted by atomic mass is 35.5. The Morgan fingerprint density at radius 2 is 1.61 bits per heavy atom. The van der Waals surface area contributed by atoms with Crippen LogP contribution in [-0.2, 0) is 20.8 Å². The molecule has 2 fully saturated rings. The molecule has 28 heavy (non-hydrogen) atoms. The number of amides is 1. The number of nitrogens with zero attached hydrogens (tertiary/aromatic N) is 3. The van der Waals surface area contributed by atoms with E-state index in [9.17, 15) is 13.2 Å². The summed E-state index contributed by atoms with van der Waals surface area (Å²) in [4.78, 5) is 14.4. The second kappa shape index (κ2) is 10.3. The Morgan fingerprint density at radius 3 is 2.36 bits per heavy atom. The molecule has 0 aliphatic carbocycles. The van der Waals surface area contributed by atoms with Gasteiger partial charge in [-0.1, -0.05) is 36.2 Å². The predicted molar refractivity (Wildman–Crippen MR) is 115 cm³/mol. The lowest BCUT2D eigenvalue weighted by Gasteiger charge is -2.31. The van der Waals surface area contributed by atoms with Gasteiger partial charge in [-0.15, -0.1) is 11.8 Å². The van der Waals surface area contributed by atoms with Crippen molar-refractivity contribution in [3.63, 3.8) is 0 Å². The minimum Gasteiger partial charge on any atom is -0.341 e. The highest BCUT2D eigenvalue weighted by molar-refractivity contribution is 7.99. The molecular formula is C19H28ClN3O3S2. The van der Waals surface area contributed by atoms with Crippen LogP contribution in [0.4, 0.5) is 0 Å². The lowest BCUT2D eigenvalue weighted by molar-refractivity contribution is -0.128. The van der Waals surface area contributed by atoms with Crippen LogP contribution in [0, 0.1) is 0 Å². The number of rotatable bonds is 6. The van der Waals surface area contributed by atoms with Crippen LogP contribution in [-0.4, -0.2) is 72.9 Å². The first-order chi connectivity index (χ1) is 13.5. The lowest BCUT2D eigenvalue weighted by Crippen LogP contribution is -2.47. The standard InChI is InChI=1S/C19H28ClN3O3S2/c20-18-8-3-2-7-17(18)15-27-16-19(24)21-9-6-12-23(14-13-21)28(25,26)22-10-4-1-5-11-22/h2-3,7-8H,1,4-6,9-16H2. The molecule has 2 aliphatic rings. The predicted octanol–water partition coefficient (Wildman–Crippen LogP) is 2.84. The fourth-order valence-corrected chi connectivity index (χ4v) is 6.52. The summed E-state index contributed by atoms with van der Waals surface area (Å²) < 4.78 is 28.9. The first kappa shape index (κ1) is 21.9. The van der Waals surface area contributed by atoms with Crippen molar-refractivity contribution in [2.24, 2.45) is 0 Å². The Morgan fingerprint density at radius 1 is 0.929 bits per heavy atom. The third kappa shape index (κ3) is 5.63. The number of thioether (sulfide) groups is 1. The quantitative estimate of drug-likeness (QED) is 0.675. The van der Waals surface area contributed by atoms with Gasteiger partial charge >= 0.3 is 0 Å². The average Bonchev–Trinajstić information content (AvgIpc) is 2.97. The third-order valence-corrected chi connectivity index (χ3v) is 8.59. The molecule has 0 bridgehead atoms. The van der Waals surface area contributed by atoms with Crippen molar-refractivity contribution in [2.45, 2.75) is 31.4 Å². The smallest absolute Gasteiger partial charge is 0.282 e. The van der Waals surface area contributed by atoms with Crippen LogP contribution >= 0.6 is 23.4 Å². The van der Waals surface area contributed by atoms with Crippen molar-refractivity contribution in [3.8, 4) is 0 Å². The van der Waals surface area contributed by atoms with Gasteiger partial charge in [0.15, 0.2) is 0 Å². The Bertz CT molecular complexity index is 769. The second-order valence-corrected chi connectivity index (χ2v) is 10.5. The molecule has 0 spiro atoms. The summed E-state index contributed by atoms with van der Waals surface area (Å²) in [6.45, 7) is 3.14. The summed E-state index contributed by atoms with van der Waals surface area (Å²) in [5.41, 5.74) is 1.02. The molecule has 9 heteroatoms. The third-order valence-electron chi connectivity index (χ3n) is 5.22. The molecule has 2 aliphatic heterocycles. The van der Waals surface area contributed by atoms with Gasteiger partial charge in [0.05, 0.1) is 5.75 Å². The monoisotopic (exact) mass is 445 g/mol. The van der Waals surface area contributed by atoms with Gasteiger partial charge in [0.25, 0.3) is 10.2 Å². The van der Waals surface area contributed by atoms with Crippen LogP contribution in [0.3, 0.4) is 0 Å². The molecule has 2 heterocycles. The SMILES string of the molecule is O=C(CSCc1ccccc1Cl)N1CCCN(S(=O)(=O)N2CCCCC2)CC1. The molecule has 0 saturated carbocycles. The second-order valence-electron chi connectivity index (χ2n) is 7.19. The summed E-state index contributed by atoms with van der Waals surface area (Å²) in [6.07, 6.45) is 3.63. The van der Waals surface area contributed by atoms with Crippen molar-refractivity contribution in [1.82, 2.24) is 13.5 Å². The molecule has 0 unspecified atom stereocenters. The minimum atomic E-state index is -3.41. The normalized spacial score (nSPS) is 20.1. The Kier molecular flexibility index (Phi) is 8.05. The van der Waals surface area contributed by atoms with E-state index in [1.807, 2.05) is 24.3 Å². The molecule has 0 atom stereocenters. The van der Waals surface area contributed by atoms with Gasteiger partial charge in [-0.2, -0.15) is 17.0 Å². The molecule has 0 N–H and O–H groups in total. The zero-order chi connectivity index (χ0) is 20.0. The van der Waals surface area contributed by atoms with Gasteiger partial charge in [0.1, 0.15) is 0 Å². The Balaban J connectivity index is 1.49. The van der Waals surface area contributed by atoms with E-state index in [-0.39, 0.29) is 5.91 Å². The number of halogens is 1. The molecule has 2 saturated heterocycles. The van der Waals surface area contributed by atoms with Crippen LogP contribution in [0.15, 0.2) is 24.3 Å². The van der Waals surface area contributed by atoms with Crippen molar-refractivity contribution in [1.29, 1.82) is 0 Å². The highest BCUT2D eigenvalue weighted by Gasteiger charge is 2.32. The van der Waals surface area contributed by atoms with Gasteiger partial charge in [0, 0.05) is 50.0 Å². The molecule has 1 aromatic carbocycles. The summed E-state index contributed by atoms with van der Waals surface area (Å²) in [6, 6.07) is 7.65. The fraction of sp³-hybridized carbons (Fsp3) is 0.632. The van der Waals surface area contributed by atoms with E-state index >= 15 is 0 Å². The van der Waals surface area contributed by atoms with Gasteiger partial charge in [-0.3, -0.25) is 4.79 Å². The summed E-state index contributed by atoms with van der Waals surface area (Å²) in [5.74, 6) is 1.13. The van der Waals surface area contributed by atoms with Crippen molar-refractivity contribution >= 4 is 39.5 Å². The van der Waals surface area contributed by atoms with E-state index < -0.39 is 10.2 Å². The molecule has 1 aromatic rings. The number of carbonyl (C=O) groups is 1. The molecule has 0 aromatic heterocycles. The lowest BCUT2D eigenvalue weighted by atomic mass is 10.2. The van der Waals surface area contributed by atoms with E-state index in [0.29, 0.717) is 57.2 Å². The first-order valence-electron chi connectivity index (χ1n) is 9.82.